The number of aliphatic imine (C=N–C) groups is 1. The Labute approximate surface area is 185 Å². The van der Waals surface area contributed by atoms with Crippen LogP contribution in [-0.4, -0.2) is 28.6 Å². The number of carbonyl (C=O) groups excluding carboxylic acids is 1. The molecular weight excluding hydrogens is 380 g/mol. The highest BCUT2D eigenvalue weighted by molar-refractivity contribution is 6.62. The first-order chi connectivity index (χ1) is 15.3. The lowest BCUT2D eigenvalue weighted by Crippen LogP contribution is -2.40. The number of hydrogen-bond acceptors (Lipinski definition) is 2. The fourth-order valence-electron chi connectivity index (χ4n) is 5.51. The summed E-state index contributed by atoms with van der Waals surface area (Å²) in [6, 6.07) is 21.3. The van der Waals surface area contributed by atoms with E-state index in [0.29, 0.717) is 11.9 Å². The average Bonchev–Trinajstić information content (AvgIpc) is 3.13. The number of hydrogen-bond donors (Lipinski definition) is 0. The van der Waals surface area contributed by atoms with Gasteiger partial charge in [-0.1, -0.05) is 99.2 Å². The molecule has 0 spiro atoms. The largest absolute Gasteiger partial charge is 0.319 e. The molecule has 0 unspecified atom stereocenters. The SMILES string of the molecule is O=C1C(=NC2CCCCC2)N(C2CCCCC2)C(c2ccccc2)=C1c1ccccc1. The van der Waals surface area contributed by atoms with Crippen LogP contribution >= 0.6 is 0 Å². The summed E-state index contributed by atoms with van der Waals surface area (Å²) in [7, 11) is 0. The number of rotatable bonds is 4. The molecule has 2 aliphatic carbocycles. The van der Waals surface area contributed by atoms with E-state index in [1.807, 2.05) is 24.3 Å². The fourth-order valence-corrected chi connectivity index (χ4v) is 5.51. The van der Waals surface area contributed by atoms with E-state index in [0.717, 1.165) is 48.1 Å². The normalized spacial score (nSPS) is 22.5. The second-order valence-corrected chi connectivity index (χ2v) is 9.19. The van der Waals surface area contributed by atoms with Crippen molar-refractivity contribution in [3.63, 3.8) is 0 Å². The first kappa shape index (κ1) is 20.2. The molecule has 2 saturated carbocycles. The summed E-state index contributed by atoms with van der Waals surface area (Å²) in [6.45, 7) is 0. The molecule has 3 nitrogen and oxygen atoms in total. The lowest BCUT2D eigenvalue weighted by Gasteiger charge is -2.35. The minimum atomic E-state index is 0.112. The minimum Gasteiger partial charge on any atom is -0.319 e. The van der Waals surface area contributed by atoms with E-state index in [-0.39, 0.29) is 11.8 Å². The van der Waals surface area contributed by atoms with Gasteiger partial charge in [0.05, 0.1) is 17.3 Å². The summed E-state index contributed by atoms with van der Waals surface area (Å²) in [6.07, 6.45) is 12.0. The van der Waals surface area contributed by atoms with E-state index in [1.165, 1.54) is 38.5 Å². The van der Waals surface area contributed by atoms with Crippen LogP contribution in [0.25, 0.3) is 11.3 Å². The summed E-state index contributed by atoms with van der Waals surface area (Å²) >= 11 is 0. The molecule has 0 N–H and O–H groups in total. The molecule has 1 aliphatic heterocycles. The van der Waals surface area contributed by atoms with Gasteiger partial charge in [-0.05, 0) is 36.8 Å². The third-order valence-electron chi connectivity index (χ3n) is 7.07. The Morgan fingerprint density at radius 3 is 1.84 bits per heavy atom. The third-order valence-corrected chi connectivity index (χ3v) is 7.07. The van der Waals surface area contributed by atoms with Gasteiger partial charge in [0.2, 0.25) is 5.78 Å². The highest BCUT2D eigenvalue weighted by atomic mass is 16.1. The number of ketones is 1. The zero-order chi connectivity index (χ0) is 21.0. The lowest BCUT2D eigenvalue weighted by molar-refractivity contribution is -0.108. The van der Waals surface area contributed by atoms with E-state index < -0.39 is 0 Å². The smallest absolute Gasteiger partial charge is 0.230 e. The molecule has 0 atom stereocenters. The Balaban J connectivity index is 1.67. The van der Waals surface area contributed by atoms with Crippen LogP contribution in [0.4, 0.5) is 0 Å². The summed E-state index contributed by atoms with van der Waals surface area (Å²) in [4.78, 5) is 21.5. The van der Waals surface area contributed by atoms with Crippen molar-refractivity contribution in [2.24, 2.45) is 4.99 Å². The molecule has 3 heteroatoms. The van der Waals surface area contributed by atoms with Crippen LogP contribution in [0.3, 0.4) is 0 Å². The summed E-state index contributed by atoms with van der Waals surface area (Å²) in [5.74, 6) is 0.817. The van der Waals surface area contributed by atoms with Crippen molar-refractivity contribution in [3.05, 3.63) is 71.8 Å². The van der Waals surface area contributed by atoms with Crippen molar-refractivity contribution in [2.75, 3.05) is 0 Å². The lowest BCUT2D eigenvalue weighted by atomic mass is 9.93. The molecule has 160 valence electrons. The Hall–Kier alpha value is -2.68. The van der Waals surface area contributed by atoms with E-state index in [2.05, 4.69) is 41.3 Å². The van der Waals surface area contributed by atoms with Gasteiger partial charge in [0.15, 0.2) is 5.84 Å². The monoisotopic (exact) mass is 412 g/mol. The molecular formula is C28H32N2O. The Morgan fingerprint density at radius 2 is 1.23 bits per heavy atom. The van der Waals surface area contributed by atoms with E-state index in [1.54, 1.807) is 0 Å². The second-order valence-electron chi connectivity index (χ2n) is 9.19. The molecule has 0 amide bonds. The molecule has 5 rings (SSSR count). The maximum atomic E-state index is 14.0. The van der Waals surface area contributed by atoms with Crippen LogP contribution in [0.2, 0.25) is 0 Å². The summed E-state index contributed by atoms with van der Waals surface area (Å²) in [5.41, 5.74) is 4.01. The van der Waals surface area contributed by atoms with Crippen molar-refractivity contribution >= 4 is 22.9 Å². The first-order valence-corrected chi connectivity index (χ1v) is 12.1. The molecule has 0 saturated heterocycles. The van der Waals surface area contributed by atoms with Gasteiger partial charge in [-0.2, -0.15) is 0 Å². The number of Topliss-reactive ketones (excluding diaryl/α,β-unsaturated/α-hetero) is 1. The van der Waals surface area contributed by atoms with Gasteiger partial charge in [0.1, 0.15) is 0 Å². The van der Waals surface area contributed by atoms with Gasteiger partial charge in [-0.25, -0.2) is 0 Å². The molecule has 1 heterocycles. The van der Waals surface area contributed by atoms with Gasteiger partial charge in [-0.3, -0.25) is 9.79 Å². The van der Waals surface area contributed by atoms with Crippen molar-refractivity contribution in [1.29, 1.82) is 0 Å². The third kappa shape index (κ3) is 4.11. The summed E-state index contributed by atoms with van der Waals surface area (Å²) in [5, 5.41) is 0. The first-order valence-electron chi connectivity index (χ1n) is 12.1. The number of carbonyl (C=O) groups is 1. The quantitative estimate of drug-likeness (QED) is 0.574. The second kappa shape index (κ2) is 9.21. The molecule has 0 bridgehead atoms. The Morgan fingerprint density at radius 1 is 0.677 bits per heavy atom. The maximum Gasteiger partial charge on any atom is 0.230 e. The number of benzene rings is 2. The molecule has 31 heavy (non-hydrogen) atoms. The average molecular weight is 413 g/mol. The van der Waals surface area contributed by atoms with Gasteiger partial charge in [-0.15, -0.1) is 0 Å². The van der Waals surface area contributed by atoms with Crippen molar-refractivity contribution < 1.29 is 4.79 Å². The van der Waals surface area contributed by atoms with Crippen LogP contribution in [0.1, 0.15) is 75.3 Å². The van der Waals surface area contributed by atoms with E-state index >= 15 is 0 Å². The zero-order valence-electron chi connectivity index (χ0n) is 18.3. The minimum absolute atomic E-state index is 0.112. The maximum absolute atomic E-state index is 14.0. The molecule has 2 aromatic carbocycles. The predicted octanol–water partition coefficient (Wildman–Crippen LogP) is 6.50. The van der Waals surface area contributed by atoms with Crippen molar-refractivity contribution in [3.8, 4) is 0 Å². The van der Waals surface area contributed by atoms with Gasteiger partial charge >= 0.3 is 0 Å². The van der Waals surface area contributed by atoms with Crippen LogP contribution in [0.15, 0.2) is 65.7 Å². The summed E-state index contributed by atoms with van der Waals surface area (Å²) < 4.78 is 0. The van der Waals surface area contributed by atoms with E-state index in [4.69, 9.17) is 4.99 Å². The van der Waals surface area contributed by atoms with Crippen molar-refractivity contribution in [1.82, 2.24) is 4.90 Å². The predicted molar refractivity (Wildman–Crippen MR) is 128 cm³/mol. The highest BCUT2D eigenvalue weighted by Crippen LogP contribution is 2.41. The molecule has 0 aromatic heterocycles. The molecule has 2 fully saturated rings. The fraction of sp³-hybridized carbons (Fsp3) is 0.429. The highest BCUT2D eigenvalue weighted by Gasteiger charge is 2.42. The van der Waals surface area contributed by atoms with Crippen molar-refractivity contribution in [2.45, 2.75) is 76.3 Å². The van der Waals surface area contributed by atoms with Crippen LogP contribution < -0.4 is 0 Å². The molecule has 3 aliphatic rings. The Kier molecular flexibility index (Phi) is 6.01. The molecule has 0 radical (unpaired) electrons. The number of amidine groups is 1. The van der Waals surface area contributed by atoms with Gasteiger partial charge in [0.25, 0.3) is 0 Å². The van der Waals surface area contributed by atoms with Gasteiger partial charge in [0, 0.05) is 6.04 Å². The number of nitrogens with zero attached hydrogens (tertiary/aromatic N) is 2. The van der Waals surface area contributed by atoms with Crippen LogP contribution in [0.5, 0.6) is 0 Å². The molecule has 2 aromatic rings. The van der Waals surface area contributed by atoms with Gasteiger partial charge < -0.3 is 4.90 Å². The van der Waals surface area contributed by atoms with Crippen LogP contribution in [-0.2, 0) is 4.79 Å². The Bertz CT molecular complexity index is 965. The topological polar surface area (TPSA) is 32.7 Å². The van der Waals surface area contributed by atoms with E-state index in [9.17, 15) is 4.79 Å². The van der Waals surface area contributed by atoms with Crippen LogP contribution in [0, 0.1) is 0 Å². The zero-order valence-corrected chi connectivity index (χ0v) is 18.3. The standard InChI is InChI=1S/C28H32N2O/c31-27-25(21-13-5-1-6-14-21)26(22-15-7-2-8-16-22)30(24-19-11-4-12-20-24)28(27)29-23-17-9-3-10-18-23/h1-2,5-8,13-16,23-24H,3-4,9-12,17-20H2.